The lowest BCUT2D eigenvalue weighted by Crippen LogP contribution is -2.19. The molecule has 0 spiro atoms. The second-order valence-corrected chi connectivity index (χ2v) is 4.96. The molecule has 0 unspecified atom stereocenters. The summed E-state index contributed by atoms with van der Waals surface area (Å²) in [7, 11) is 0. The zero-order valence-electron chi connectivity index (χ0n) is 10.6. The quantitative estimate of drug-likeness (QED) is 0.837. The maximum atomic E-state index is 10.4. The molecule has 20 heavy (non-hydrogen) atoms. The van der Waals surface area contributed by atoms with Gasteiger partial charge >= 0.3 is 6.09 Å². The molecule has 0 saturated carbocycles. The fraction of sp³-hybridized carbons (Fsp3) is 0.0667. The number of rotatable bonds is 4. The number of pyridine rings is 1. The fourth-order valence-electron chi connectivity index (χ4n) is 1.64. The summed E-state index contributed by atoms with van der Waals surface area (Å²) in [5, 5.41) is 10.9. The molecular formula is C15H13BrN2O2. The molecule has 0 aliphatic heterocycles. The number of nitrogens with zero attached hydrogens (tertiary/aromatic N) is 1. The average Bonchev–Trinajstić information content (AvgIpc) is 2.44. The number of amides is 1. The molecule has 1 aromatic heterocycles. The van der Waals surface area contributed by atoms with Gasteiger partial charge in [-0.2, -0.15) is 0 Å². The van der Waals surface area contributed by atoms with Gasteiger partial charge in [0.05, 0.1) is 0 Å². The predicted molar refractivity (Wildman–Crippen MR) is 82.2 cm³/mol. The minimum absolute atomic E-state index is 0.316. The monoisotopic (exact) mass is 332 g/mol. The molecule has 0 aliphatic rings. The Hall–Kier alpha value is -2.14. The van der Waals surface area contributed by atoms with Crippen LogP contribution in [0.4, 0.5) is 4.79 Å². The SMILES string of the molecule is O=C(O)NCc1ccc(C=Cc2ccnc(Br)c2)cc1. The van der Waals surface area contributed by atoms with E-state index in [0.717, 1.165) is 21.3 Å². The maximum Gasteiger partial charge on any atom is 0.404 e. The third-order valence-electron chi connectivity index (χ3n) is 2.64. The average molecular weight is 333 g/mol. The lowest BCUT2D eigenvalue weighted by molar-refractivity contribution is 0.194. The van der Waals surface area contributed by atoms with Crippen LogP contribution < -0.4 is 5.32 Å². The number of halogens is 1. The van der Waals surface area contributed by atoms with Crippen LogP contribution in [0.25, 0.3) is 12.2 Å². The van der Waals surface area contributed by atoms with E-state index in [2.05, 4.69) is 26.2 Å². The minimum atomic E-state index is -1.02. The Labute approximate surface area is 125 Å². The van der Waals surface area contributed by atoms with Crippen molar-refractivity contribution in [1.29, 1.82) is 0 Å². The molecule has 102 valence electrons. The van der Waals surface area contributed by atoms with Crippen molar-refractivity contribution in [2.45, 2.75) is 6.54 Å². The van der Waals surface area contributed by atoms with Gasteiger partial charge in [0.25, 0.3) is 0 Å². The van der Waals surface area contributed by atoms with Gasteiger partial charge in [0.1, 0.15) is 4.60 Å². The Bertz CT molecular complexity index is 624. The van der Waals surface area contributed by atoms with Crippen molar-refractivity contribution < 1.29 is 9.90 Å². The van der Waals surface area contributed by atoms with Crippen molar-refractivity contribution in [3.8, 4) is 0 Å². The lowest BCUT2D eigenvalue weighted by atomic mass is 10.1. The Morgan fingerprint density at radius 3 is 2.55 bits per heavy atom. The van der Waals surface area contributed by atoms with Crippen molar-refractivity contribution in [1.82, 2.24) is 10.3 Å². The van der Waals surface area contributed by atoms with Crippen LogP contribution in [0.2, 0.25) is 0 Å². The molecule has 0 aliphatic carbocycles. The number of aromatic nitrogens is 1. The van der Waals surface area contributed by atoms with Crippen molar-refractivity contribution in [3.05, 3.63) is 63.9 Å². The minimum Gasteiger partial charge on any atom is -0.465 e. The summed E-state index contributed by atoms with van der Waals surface area (Å²) < 4.78 is 0.801. The summed E-state index contributed by atoms with van der Waals surface area (Å²) in [6.07, 6.45) is 4.72. The summed E-state index contributed by atoms with van der Waals surface area (Å²) in [6.45, 7) is 0.316. The summed E-state index contributed by atoms with van der Waals surface area (Å²) in [5.74, 6) is 0. The lowest BCUT2D eigenvalue weighted by Gasteiger charge is -2.01. The number of hydrogen-bond donors (Lipinski definition) is 2. The van der Waals surface area contributed by atoms with E-state index in [4.69, 9.17) is 5.11 Å². The Morgan fingerprint density at radius 1 is 1.20 bits per heavy atom. The van der Waals surface area contributed by atoms with Crippen LogP contribution in [0.3, 0.4) is 0 Å². The van der Waals surface area contributed by atoms with Crippen molar-refractivity contribution in [2.75, 3.05) is 0 Å². The number of hydrogen-bond acceptors (Lipinski definition) is 2. The first-order valence-corrected chi connectivity index (χ1v) is 6.78. The van der Waals surface area contributed by atoms with Gasteiger partial charge in [-0.05, 0) is 44.8 Å². The van der Waals surface area contributed by atoms with E-state index in [0.29, 0.717) is 6.54 Å². The number of nitrogens with one attached hydrogen (secondary N) is 1. The number of carboxylic acid groups (broad SMARTS) is 1. The molecule has 1 aromatic carbocycles. The van der Waals surface area contributed by atoms with E-state index in [1.54, 1.807) is 6.20 Å². The first kappa shape index (κ1) is 14.3. The zero-order chi connectivity index (χ0) is 14.4. The molecule has 5 heteroatoms. The van der Waals surface area contributed by atoms with Crippen LogP contribution >= 0.6 is 15.9 Å². The molecule has 0 saturated heterocycles. The Morgan fingerprint density at radius 2 is 1.90 bits per heavy atom. The summed E-state index contributed by atoms with van der Waals surface area (Å²) >= 11 is 3.33. The van der Waals surface area contributed by atoms with E-state index in [1.165, 1.54) is 0 Å². The van der Waals surface area contributed by atoms with Crippen molar-refractivity contribution in [2.24, 2.45) is 0 Å². The number of benzene rings is 1. The summed E-state index contributed by atoms with van der Waals surface area (Å²) in [5.41, 5.74) is 3.04. The first-order valence-electron chi connectivity index (χ1n) is 5.99. The first-order chi connectivity index (χ1) is 9.63. The highest BCUT2D eigenvalue weighted by atomic mass is 79.9. The highest BCUT2D eigenvalue weighted by molar-refractivity contribution is 9.10. The van der Waals surface area contributed by atoms with E-state index in [9.17, 15) is 4.79 Å². The molecule has 0 radical (unpaired) electrons. The fourth-order valence-corrected chi connectivity index (χ4v) is 2.02. The smallest absolute Gasteiger partial charge is 0.404 e. The zero-order valence-corrected chi connectivity index (χ0v) is 12.2. The van der Waals surface area contributed by atoms with Gasteiger partial charge in [-0.3, -0.25) is 0 Å². The normalized spacial score (nSPS) is 10.7. The highest BCUT2D eigenvalue weighted by Crippen LogP contribution is 2.12. The third-order valence-corrected chi connectivity index (χ3v) is 3.08. The van der Waals surface area contributed by atoms with Crippen LogP contribution in [-0.2, 0) is 6.54 Å². The standard InChI is InChI=1S/C15H13BrN2O2/c16-14-9-12(7-8-17-14)4-1-11-2-5-13(6-3-11)10-18-15(19)20/h1-9,18H,10H2,(H,19,20). The molecule has 2 rings (SSSR count). The van der Waals surface area contributed by atoms with E-state index < -0.39 is 6.09 Å². The van der Waals surface area contributed by atoms with Gasteiger partial charge in [0, 0.05) is 12.7 Å². The second-order valence-electron chi connectivity index (χ2n) is 4.15. The molecule has 0 atom stereocenters. The molecule has 1 heterocycles. The van der Waals surface area contributed by atoms with Gasteiger partial charge in [-0.25, -0.2) is 9.78 Å². The van der Waals surface area contributed by atoms with Crippen LogP contribution in [0, 0.1) is 0 Å². The molecule has 4 nitrogen and oxygen atoms in total. The van der Waals surface area contributed by atoms with E-state index in [-0.39, 0.29) is 0 Å². The molecular weight excluding hydrogens is 320 g/mol. The largest absolute Gasteiger partial charge is 0.465 e. The highest BCUT2D eigenvalue weighted by Gasteiger charge is 1.96. The molecule has 2 aromatic rings. The van der Waals surface area contributed by atoms with Crippen molar-refractivity contribution >= 4 is 34.2 Å². The summed E-state index contributed by atoms with van der Waals surface area (Å²) in [6, 6.07) is 11.6. The van der Waals surface area contributed by atoms with Gasteiger partial charge in [0.15, 0.2) is 0 Å². The van der Waals surface area contributed by atoms with Crippen LogP contribution in [0.1, 0.15) is 16.7 Å². The third kappa shape index (κ3) is 4.51. The maximum absolute atomic E-state index is 10.4. The van der Waals surface area contributed by atoms with Crippen molar-refractivity contribution in [3.63, 3.8) is 0 Å². The van der Waals surface area contributed by atoms with Gasteiger partial charge in [-0.15, -0.1) is 0 Å². The predicted octanol–water partition coefficient (Wildman–Crippen LogP) is 3.78. The Balaban J connectivity index is 2.01. The van der Waals surface area contributed by atoms with Gasteiger partial charge < -0.3 is 10.4 Å². The molecule has 2 N–H and O–H groups in total. The topological polar surface area (TPSA) is 62.2 Å². The van der Waals surface area contributed by atoms with Crippen LogP contribution in [-0.4, -0.2) is 16.2 Å². The van der Waals surface area contributed by atoms with Gasteiger partial charge in [-0.1, -0.05) is 36.4 Å². The van der Waals surface area contributed by atoms with Gasteiger partial charge in [0.2, 0.25) is 0 Å². The molecule has 1 amide bonds. The second kappa shape index (κ2) is 6.86. The van der Waals surface area contributed by atoms with E-state index in [1.807, 2.05) is 48.6 Å². The van der Waals surface area contributed by atoms with Crippen LogP contribution in [0.5, 0.6) is 0 Å². The van der Waals surface area contributed by atoms with Crippen LogP contribution in [0.15, 0.2) is 47.2 Å². The Kier molecular flexibility index (Phi) is 4.90. The number of carbonyl (C=O) groups is 1. The summed E-state index contributed by atoms with van der Waals surface area (Å²) in [4.78, 5) is 14.5. The van der Waals surface area contributed by atoms with E-state index >= 15 is 0 Å². The molecule has 0 bridgehead atoms. The molecule has 0 fully saturated rings.